The number of hydrogen-bond acceptors (Lipinski definition) is 3. The van der Waals surface area contributed by atoms with Crippen LogP contribution < -0.4 is 10.2 Å². The summed E-state index contributed by atoms with van der Waals surface area (Å²) in [6, 6.07) is 15.0. The van der Waals surface area contributed by atoms with Crippen molar-refractivity contribution >= 4 is 11.6 Å². The van der Waals surface area contributed by atoms with Crippen LogP contribution in [0.15, 0.2) is 48.5 Å². The van der Waals surface area contributed by atoms with Crippen molar-refractivity contribution in [2.75, 3.05) is 24.6 Å². The fourth-order valence-electron chi connectivity index (χ4n) is 5.04. The smallest absolute Gasteiger partial charge is 0.220 e. The summed E-state index contributed by atoms with van der Waals surface area (Å²) in [6.45, 7) is 2.49. The van der Waals surface area contributed by atoms with Crippen molar-refractivity contribution in [3.8, 4) is 0 Å². The second kappa shape index (κ2) is 11.5. The van der Waals surface area contributed by atoms with Gasteiger partial charge < -0.3 is 15.0 Å². The largest absolute Gasteiger partial charge is 0.375 e. The zero-order chi connectivity index (χ0) is 22.2. The Balaban J connectivity index is 1.33. The van der Waals surface area contributed by atoms with Crippen LogP contribution in [0.2, 0.25) is 0 Å². The van der Waals surface area contributed by atoms with Crippen molar-refractivity contribution in [3.05, 3.63) is 65.5 Å². The summed E-state index contributed by atoms with van der Waals surface area (Å²) in [5.41, 5.74) is 3.23. The van der Waals surface area contributed by atoms with Crippen LogP contribution in [-0.4, -0.2) is 31.6 Å². The lowest BCUT2D eigenvalue weighted by atomic mass is 9.86. The second-order valence-electron chi connectivity index (χ2n) is 9.28. The third-order valence-electron chi connectivity index (χ3n) is 6.77. The predicted molar refractivity (Wildman–Crippen MR) is 126 cm³/mol. The molecule has 32 heavy (non-hydrogen) atoms. The molecular weight excluding hydrogens is 403 g/mol. The normalized spacial score (nSPS) is 17.2. The number of halogens is 1. The molecule has 4 nitrogen and oxygen atoms in total. The number of ether oxygens (including phenoxy) is 1. The van der Waals surface area contributed by atoms with Gasteiger partial charge in [0.2, 0.25) is 5.91 Å². The maximum Gasteiger partial charge on any atom is 0.220 e. The molecule has 1 N–H and O–H groups in total. The summed E-state index contributed by atoms with van der Waals surface area (Å²) in [6.07, 6.45) is 8.87. The molecule has 0 bridgehead atoms. The minimum absolute atomic E-state index is 0.103. The number of amides is 1. The van der Waals surface area contributed by atoms with Gasteiger partial charge in [-0.3, -0.25) is 4.79 Å². The number of fused-ring (bicyclic) bond motifs is 1. The summed E-state index contributed by atoms with van der Waals surface area (Å²) in [5.74, 6) is 0.620. The fraction of sp³-hybridized carbons (Fsp3) is 0.519. The fourth-order valence-corrected chi connectivity index (χ4v) is 5.04. The molecule has 4 rings (SSSR count). The van der Waals surface area contributed by atoms with Crippen LogP contribution in [-0.2, 0) is 22.6 Å². The van der Waals surface area contributed by atoms with E-state index in [4.69, 9.17) is 4.74 Å². The van der Waals surface area contributed by atoms with Gasteiger partial charge in [-0.1, -0.05) is 62.4 Å². The lowest BCUT2D eigenvalue weighted by Gasteiger charge is -2.27. The molecule has 1 fully saturated rings. The summed E-state index contributed by atoms with van der Waals surface area (Å²) < 4.78 is 19.6. The SMILES string of the molecule is O=C(CCC1CCCCC1)N[C@@H](COCc1ccccc1)CN1CCc2cc(F)ccc21. The van der Waals surface area contributed by atoms with Gasteiger partial charge in [0.15, 0.2) is 0 Å². The standard InChI is InChI=1S/C27H35FN2O2/c28-24-12-13-26-23(17-24)15-16-30(26)18-25(20-32-19-22-9-5-2-6-10-22)29-27(31)14-11-21-7-3-1-4-8-21/h2,5-6,9-10,12-13,17,21,25H,1,3-4,7-8,11,14-16,18-20H2,(H,29,31)/t25-/m1/s1. The Labute approximate surface area is 191 Å². The van der Waals surface area contributed by atoms with Gasteiger partial charge in [-0.25, -0.2) is 4.39 Å². The highest BCUT2D eigenvalue weighted by Crippen LogP contribution is 2.29. The average molecular weight is 439 g/mol. The van der Waals surface area contributed by atoms with Crippen LogP contribution in [0.1, 0.15) is 56.1 Å². The zero-order valence-electron chi connectivity index (χ0n) is 18.9. The Morgan fingerprint density at radius 3 is 2.75 bits per heavy atom. The van der Waals surface area contributed by atoms with Gasteiger partial charge in [-0.05, 0) is 48.1 Å². The van der Waals surface area contributed by atoms with Crippen molar-refractivity contribution in [1.29, 1.82) is 0 Å². The molecule has 0 saturated heterocycles. The van der Waals surface area contributed by atoms with Gasteiger partial charge >= 0.3 is 0 Å². The van der Waals surface area contributed by atoms with Crippen LogP contribution in [0.5, 0.6) is 0 Å². The van der Waals surface area contributed by atoms with Gasteiger partial charge in [0.1, 0.15) is 5.82 Å². The molecule has 1 saturated carbocycles. The Morgan fingerprint density at radius 2 is 1.94 bits per heavy atom. The van der Waals surface area contributed by atoms with Gasteiger partial charge in [-0.15, -0.1) is 0 Å². The van der Waals surface area contributed by atoms with Crippen molar-refractivity contribution in [1.82, 2.24) is 5.32 Å². The number of nitrogens with one attached hydrogen (secondary N) is 1. The van der Waals surface area contributed by atoms with E-state index in [1.165, 1.54) is 38.2 Å². The molecule has 0 unspecified atom stereocenters. The topological polar surface area (TPSA) is 41.6 Å². The van der Waals surface area contributed by atoms with Crippen molar-refractivity contribution in [3.63, 3.8) is 0 Å². The van der Waals surface area contributed by atoms with Crippen molar-refractivity contribution < 1.29 is 13.9 Å². The molecule has 1 aliphatic carbocycles. The monoisotopic (exact) mass is 438 g/mol. The number of hydrogen-bond donors (Lipinski definition) is 1. The highest BCUT2D eigenvalue weighted by molar-refractivity contribution is 5.76. The molecule has 172 valence electrons. The quantitative estimate of drug-likeness (QED) is 0.551. The first-order chi connectivity index (χ1) is 15.7. The van der Waals surface area contributed by atoms with E-state index >= 15 is 0 Å². The van der Waals surface area contributed by atoms with Gasteiger partial charge in [0, 0.05) is 25.2 Å². The number of carbonyl (C=O) groups is 1. The summed E-state index contributed by atoms with van der Waals surface area (Å²) in [5, 5.41) is 3.23. The van der Waals surface area contributed by atoms with E-state index in [2.05, 4.69) is 10.2 Å². The van der Waals surface area contributed by atoms with Crippen molar-refractivity contribution in [2.45, 2.75) is 64.0 Å². The Bertz CT molecular complexity index is 867. The predicted octanol–water partition coefficient (Wildman–Crippen LogP) is 5.25. The molecule has 1 heterocycles. The third-order valence-corrected chi connectivity index (χ3v) is 6.77. The molecule has 2 aromatic rings. The lowest BCUT2D eigenvalue weighted by molar-refractivity contribution is -0.122. The van der Waals surface area contributed by atoms with Crippen molar-refractivity contribution in [2.24, 2.45) is 5.92 Å². The van der Waals surface area contributed by atoms with E-state index in [9.17, 15) is 9.18 Å². The maximum absolute atomic E-state index is 13.6. The van der Waals surface area contributed by atoms with Crippen LogP contribution in [0.4, 0.5) is 10.1 Å². The average Bonchev–Trinajstić information content (AvgIpc) is 3.20. The minimum atomic E-state index is -0.190. The minimum Gasteiger partial charge on any atom is -0.375 e. The van der Waals surface area contributed by atoms with E-state index in [1.54, 1.807) is 6.07 Å². The highest BCUT2D eigenvalue weighted by atomic mass is 19.1. The molecule has 2 aliphatic rings. The highest BCUT2D eigenvalue weighted by Gasteiger charge is 2.24. The van der Waals surface area contributed by atoms with E-state index < -0.39 is 0 Å². The molecule has 0 spiro atoms. The first-order valence-electron chi connectivity index (χ1n) is 12.1. The van der Waals surface area contributed by atoms with E-state index in [1.807, 2.05) is 36.4 Å². The van der Waals surface area contributed by atoms with Gasteiger partial charge in [0.05, 0.1) is 19.3 Å². The molecule has 5 heteroatoms. The maximum atomic E-state index is 13.6. The Hall–Kier alpha value is -2.40. The molecular formula is C27H35FN2O2. The third kappa shape index (κ3) is 6.55. The van der Waals surface area contributed by atoms with E-state index in [0.717, 1.165) is 36.2 Å². The van der Waals surface area contributed by atoms with Gasteiger partial charge in [-0.2, -0.15) is 0 Å². The van der Waals surface area contributed by atoms with E-state index in [-0.39, 0.29) is 17.8 Å². The van der Waals surface area contributed by atoms with Crippen LogP contribution in [0.3, 0.4) is 0 Å². The van der Waals surface area contributed by atoms with E-state index in [0.29, 0.717) is 32.1 Å². The van der Waals surface area contributed by atoms with Crippen LogP contribution in [0, 0.1) is 11.7 Å². The molecule has 0 aromatic heterocycles. The summed E-state index contributed by atoms with van der Waals surface area (Å²) in [7, 11) is 0. The second-order valence-corrected chi connectivity index (χ2v) is 9.28. The number of nitrogens with zero attached hydrogens (tertiary/aromatic N) is 1. The molecule has 1 atom stereocenters. The first kappa shape index (κ1) is 22.8. The Kier molecular flexibility index (Phi) is 8.16. The zero-order valence-corrected chi connectivity index (χ0v) is 18.9. The lowest BCUT2D eigenvalue weighted by Crippen LogP contribution is -2.46. The van der Waals surface area contributed by atoms with Crippen LogP contribution in [0.25, 0.3) is 0 Å². The molecule has 0 radical (unpaired) electrons. The number of benzene rings is 2. The molecule has 1 aliphatic heterocycles. The molecule has 2 aromatic carbocycles. The summed E-state index contributed by atoms with van der Waals surface area (Å²) in [4.78, 5) is 15.0. The number of carbonyl (C=O) groups excluding carboxylic acids is 1. The first-order valence-corrected chi connectivity index (χ1v) is 12.1. The molecule has 1 amide bonds. The number of anilines is 1. The van der Waals surface area contributed by atoms with Crippen LogP contribution >= 0.6 is 0 Å². The summed E-state index contributed by atoms with van der Waals surface area (Å²) >= 11 is 0. The number of rotatable bonds is 10. The van der Waals surface area contributed by atoms with Gasteiger partial charge in [0.25, 0.3) is 0 Å². The Morgan fingerprint density at radius 1 is 1.12 bits per heavy atom.